The van der Waals surface area contributed by atoms with Gasteiger partial charge in [-0.25, -0.2) is 0 Å². The van der Waals surface area contributed by atoms with Crippen molar-refractivity contribution < 1.29 is 4.79 Å². The van der Waals surface area contributed by atoms with Gasteiger partial charge >= 0.3 is 0 Å². The zero-order chi connectivity index (χ0) is 16.1. The van der Waals surface area contributed by atoms with Gasteiger partial charge in [-0.05, 0) is 36.1 Å². The normalized spacial score (nSPS) is 10.7. The fourth-order valence-corrected chi connectivity index (χ4v) is 3.19. The molecule has 116 valence electrons. The van der Waals surface area contributed by atoms with Crippen molar-refractivity contribution in [3.8, 4) is 0 Å². The van der Waals surface area contributed by atoms with Crippen molar-refractivity contribution in [2.75, 3.05) is 0 Å². The number of aryl methyl sites for hydroxylation is 2. The Labute approximate surface area is 142 Å². The van der Waals surface area contributed by atoms with Crippen molar-refractivity contribution in [1.82, 2.24) is 0 Å². The first kappa shape index (κ1) is 17.1. The number of hydrogen-bond donors (Lipinski definition) is 0. The molecule has 2 aromatic rings. The minimum absolute atomic E-state index is 0.106. The average Bonchev–Trinajstić information content (AvgIpc) is 2.51. The zero-order valence-electron chi connectivity index (χ0n) is 13.0. The summed E-state index contributed by atoms with van der Waals surface area (Å²) < 4.78 is 0. The summed E-state index contributed by atoms with van der Waals surface area (Å²) in [4.78, 5) is 12.8. The van der Waals surface area contributed by atoms with Gasteiger partial charge in [0.05, 0.1) is 10.0 Å². The minimum Gasteiger partial charge on any atom is -0.288 e. The number of halogens is 2. The van der Waals surface area contributed by atoms with Gasteiger partial charge in [-0.15, -0.1) is 0 Å². The third-order valence-electron chi connectivity index (χ3n) is 3.69. The van der Waals surface area contributed by atoms with Crippen LogP contribution < -0.4 is 0 Å². The molecular formula is C19H20Cl2O. The number of benzene rings is 2. The highest BCUT2D eigenvalue weighted by Crippen LogP contribution is 2.29. The van der Waals surface area contributed by atoms with E-state index in [1.165, 1.54) is 0 Å². The van der Waals surface area contributed by atoms with E-state index in [1.807, 2.05) is 24.3 Å². The Hall–Kier alpha value is -1.31. The second kappa shape index (κ2) is 7.80. The number of carbonyl (C=O) groups is 1. The second-order valence-corrected chi connectivity index (χ2v) is 6.14. The summed E-state index contributed by atoms with van der Waals surface area (Å²) >= 11 is 12.8. The van der Waals surface area contributed by atoms with Gasteiger partial charge in [-0.1, -0.05) is 74.2 Å². The molecule has 0 heterocycles. The number of carbonyl (C=O) groups excluding carboxylic acids is 1. The maximum atomic E-state index is 12.8. The van der Waals surface area contributed by atoms with Crippen LogP contribution in [0, 0.1) is 0 Å². The van der Waals surface area contributed by atoms with Gasteiger partial charge < -0.3 is 0 Å². The van der Waals surface area contributed by atoms with Crippen LogP contribution in [0.2, 0.25) is 10.0 Å². The molecule has 0 saturated heterocycles. The highest BCUT2D eigenvalue weighted by molar-refractivity contribution is 6.38. The number of hydrogen-bond acceptors (Lipinski definition) is 1. The maximum Gasteiger partial charge on any atom is 0.196 e. The van der Waals surface area contributed by atoms with E-state index in [9.17, 15) is 4.79 Å². The lowest BCUT2D eigenvalue weighted by atomic mass is 9.97. The van der Waals surface area contributed by atoms with Gasteiger partial charge in [0.2, 0.25) is 0 Å². The van der Waals surface area contributed by atoms with Crippen LogP contribution in [-0.4, -0.2) is 5.78 Å². The topological polar surface area (TPSA) is 17.1 Å². The van der Waals surface area contributed by atoms with Crippen LogP contribution in [0.25, 0.3) is 0 Å². The highest BCUT2D eigenvalue weighted by Gasteiger charge is 2.18. The first-order chi connectivity index (χ1) is 10.6. The van der Waals surface area contributed by atoms with E-state index >= 15 is 0 Å². The van der Waals surface area contributed by atoms with Gasteiger partial charge in [0.1, 0.15) is 0 Å². The van der Waals surface area contributed by atoms with Gasteiger partial charge in [-0.3, -0.25) is 4.79 Å². The predicted molar refractivity (Wildman–Crippen MR) is 94.3 cm³/mol. The molecule has 2 rings (SSSR count). The van der Waals surface area contributed by atoms with E-state index < -0.39 is 0 Å². The molecule has 22 heavy (non-hydrogen) atoms. The molecule has 0 aliphatic carbocycles. The molecule has 2 aromatic carbocycles. The predicted octanol–water partition coefficient (Wildman–Crippen LogP) is 6.13. The zero-order valence-corrected chi connectivity index (χ0v) is 14.5. The fourth-order valence-electron chi connectivity index (χ4n) is 2.58. The summed E-state index contributed by atoms with van der Waals surface area (Å²) in [6.07, 6.45) is 3.71. The molecule has 3 heteroatoms. The monoisotopic (exact) mass is 334 g/mol. The lowest BCUT2D eigenvalue weighted by molar-refractivity contribution is 0.103. The molecule has 0 bridgehead atoms. The lowest BCUT2D eigenvalue weighted by Crippen LogP contribution is -2.06. The van der Waals surface area contributed by atoms with E-state index in [1.54, 1.807) is 12.1 Å². The smallest absolute Gasteiger partial charge is 0.196 e. The van der Waals surface area contributed by atoms with Crippen molar-refractivity contribution in [2.24, 2.45) is 0 Å². The molecule has 0 aliphatic rings. The average molecular weight is 335 g/mol. The van der Waals surface area contributed by atoms with Crippen LogP contribution in [0.5, 0.6) is 0 Å². The van der Waals surface area contributed by atoms with Crippen molar-refractivity contribution in [1.29, 1.82) is 0 Å². The molecule has 0 fully saturated rings. The van der Waals surface area contributed by atoms with Gasteiger partial charge in [-0.2, -0.15) is 0 Å². The molecule has 0 unspecified atom stereocenters. The van der Waals surface area contributed by atoms with Crippen LogP contribution in [0.15, 0.2) is 36.4 Å². The molecule has 0 aliphatic heterocycles. The summed E-state index contributed by atoms with van der Waals surface area (Å²) in [6, 6.07) is 11.2. The number of ketones is 1. The van der Waals surface area contributed by atoms with Crippen LogP contribution in [0.4, 0.5) is 0 Å². The first-order valence-corrected chi connectivity index (χ1v) is 8.45. The van der Waals surface area contributed by atoms with Crippen molar-refractivity contribution >= 4 is 29.0 Å². The molecule has 0 amide bonds. The molecule has 1 nitrogen and oxygen atoms in total. The summed E-state index contributed by atoms with van der Waals surface area (Å²) in [6.45, 7) is 4.19. The van der Waals surface area contributed by atoms with E-state index in [0.29, 0.717) is 21.2 Å². The Morgan fingerprint density at radius 1 is 0.818 bits per heavy atom. The van der Waals surface area contributed by atoms with Gasteiger partial charge in [0, 0.05) is 11.1 Å². The summed E-state index contributed by atoms with van der Waals surface area (Å²) in [7, 11) is 0. The first-order valence-electron chi connectivity index (χ1n) is 7.69. The standard InChI is InChI=1S/C19H20Cl2O/c1-3-7-13-9-5-11-15(17(13)20)19(22)16-12-6-10-14(8-4-2)18(16)21/h5-6,9-12H,3-4,7-8H2,1-2H3. The summed E-state index contributed by atoms with van der Waals surface area (Å²) in [5, 5.41) is 1.10. The van der Waals surface area contributed by atoms with Gasteiger partial charge in [0.15, 0.2) is 5.78 Å². The summed E-state index contributed by atoms with van der Waals surface area (Å²) in [5.41, 5.74) is 3.08. The third-order valence-corrected chi connectivity index (χ3v) is 4.58. The molecule has 0 saturated carbocycles. The van der Waals surface area contributed by atoms with Crippen LogP contribution in [0.3, 0.4) is 0 Å². The molecule has 0 aromatic heterocycles. The minimum atomic E-state index is -0.106. The second-order valence-electron chi connectivity index (χ2n) is 5.39. The van der Waals surface area contributed by atoms with E-state index in [0.717, 1.165) is 36.8 Å². The van der Waals surface area contributed by atoms with E-state index in [4.69, 9.17) is 23.2 Å². The largest absolute Gasteiger partial charge is 0.288 e. The molecule has 0 N–H and O–H groups in total. The Morgan fingerprint density at radius 2 is 1.23 bits per heavy atom. The molecule has 0 atom stereocenters. The quantitative estimate of drug-likeness (QED) is 0.580. The van der Waals surface area contributed by atoms with E-state index in [2.05, 4.69) is 13.8 Å². The van der Waals surface area contributed by atoms with E-state index in [-0.39, 0.29) is 5.78 Å². The van der Waals surface area contributed by atoms with Crippen molar-refractivity contribution in [3.63, 3.8) is 0 Å². The Kier molecular flexibility index (Phi) is 6.05. The fraction of sp³-hybridized carbons (Fsp3) is 0.316. The van der Waals surface area contributed by atoms with Crippen LogP contribution >= 0.6 is 23.2 Å². The highest BCUT2D eigenvalue weighted by atomic mass is 35.5. The molecule has 0 spiro atoms. The molecular weight excluding hydrogens is 315 g/mol. The van der Waals surface area contributed by atoms with Gasteiger partial charge in [0.25, 0.3) is 0 Å². The van der Waals surface area contributed by atoms with Crippen LogP contribution in [0.1, 0.15) is 53.7 Å². The Bertz CT molecular complexity index is 620. The number of rotatable bonds is 6. The van der Waals surface area contributed by atoms with Crippen LogP contribution in [-0.2, 0) is 12.8 Å². The molecule has 0 radical (unpaired) electrons. The Balaban J connectivity index is 2.45. The van der Waals surface area contributed by atoms with Crippen molar-refractivity contribution in [3.05, 3.63) is 68.7 Å². The lowest BCUT2D eigenvalue weighted by Gasteiger charge is -2.11. The Morgan fingerprint density at radius 3 is 1.59 bits per heavy atom. The SMILES string of the molecule is CCCc1cccc(C(=O)c2cccc(CCC)c2Cl)c1Cl. The van der Waals surface area contributed by atoms with Crippen molar-refractivity contribution in [2.45, 2.75) is 39.5 Å². The maximum absolute atomic E-state index is 12.8. The third kappa shape index (κ3) is 3.53. The summed E-state index contributed by atoms with van der Waals surface area (Å²) in [5.74, 6) is -0.106.